The number of hydrogen-bond donors (Lipinski definition) is 0. The van der Waals surface area contributed by atoms with Crippen LogP contribution in [0.25, 0.3) is 0 Å². The van der Waals surface area contributed by atoms with E-state index in [0.717, 1.165) is 0 Å². The second-order valence-corrected chi connectivity index (χ2v) is 6.40. The molecule has 0 amide bonds. The van der Waals surface area contributed by atoms with Gasteiger partial charge in [-0.2, -0.15) is 0 Å². The quantitative estimate of drug-likeness (QED) is 0.280. The third-order valence-corrected chi connectivity index (χ3v) is 3.96. The molecule has 0 heterocycles. The summed E-state index contributed by atoms with van der Waals surface area (Å²) in [4.78, 5) is 2.29. The van der Waals surface area contributed by atoms with Gasteiger partial charge in [0, 0.05) is 0 Å². The van der Waals surface area contributed by atoms with Crippen molar-refractivity contribution in [2.24, 2.45) is 0 Å². The Bertz CT molecular complexity index is 160. The van der Waals surface area contributed by atoms with Crippen LogP contribution >= 0.6 is 12.4 Å². The Hall–Kier alpha value is 0.250. The third-order valence-electron chi connectivity index (χ3n) is 3.96. The van der Waals surface area contributed by atoms with E-state index in [9.17, 15) is 0 Å². The lowest BCUT2D eigenvalue weighted by Crippen LogP contribution is -2.12. The van der Waals surface area contributed by atoms with Crippen LogP contribution in [0.2, 0.25) is 0 Å². The van der Waals surface area contributed by atoms with E-state index in [0.29, 0.717) is 0 Å². The van der Waals surface area contributed by atoms with Gasteiger partial charge in [0.05, 0.1) is 0 Å². The minimum atomic E-state index is 0. The van der Waals surface area contributed by atoms with Crippen LogP contribution in [0.3, 0.4) is 0 Å². The Morgan fingerprint density at radius 1 is 0.500 bits per heavy atom. The Morgan fingerprint density at radius 3 is 1.05 bits per heavy atom. The average molecular weight is 336 g/mol. The fourth-order valence-corrected chi connectivity index (χ4v) is 2.62. The van der Waals surface area contributed by atoms with Gasteiger partial charge >= 0.3 is 0 Å². The molecule has 0 aromatic carbocycles. The van der Waals surface area contributed by atoms with Crippen molar-refractivity contribution in [2.75, 3.05) is 20.6 Å². The average Bonchev–Trinajstić information content (AvgIpc) is 2.49. The molecule has 0 radical (unpaired) electrons. The number of nitrogens with zero attached hydrogens (tertiary/aromatic N) is 1. The van der Waals surface area contributed by atoms with Gasteiger partial charge in [0.15, 0.2) is 0 Å². The normalized spacial score (nSPS) is 10.1. The van der Waals surface area contributed by atoms with Crippen molar-refractivity contribution >= 4 is 12.4 Å². The maximum Gasteiger partial charge on any atom is -0.00248 e. The first-order valence-corrected chi connectivity index (χ1v) is 9.92. The first kappa shape index (κ1) is 27.1. The summed E-state index contributed by atoms with van der Waals surface area (Å²) in [6, 6.07) is 0. The Kier molecular flexibility index (Phi) is 32.2. The lowest BCUT2D eigenvalue weighted by Gasteiger charge is -2.08. The zero-order chi connectivity index (χ0) is 16.2. The topological polar surface area (TPSA) is 3.24 Å². The van der Waals surface area contributed by atoms with Gasteiger partial charge in [-0.25, -0.2) is 0 Å². The van der Waals surface area contributed by atoms with E-state index < -0.39 is 0 Å². The van der Waals surface area contributed by atoms with E-state index in [-0.39, 0.29) is 12.4 Å². The highest BCUT2D eigenvalue weighted by molar-refractivity contribution is 5.85. The molecule has 0 atom stereocenters. The summed E-state index contributed by atoms with van der Waals surface area (Å²) in [6.07, 6.45) is 20.3. The van der Waals surface area contributed by atoms with Crippen molar-refractivity contribution in [3.63, 3.8) is 0 Å². The van der Waals surface area contributed by atoms with Gasteiger partial charge in [0.1, 0.15) is 0 Å². The SMILES string of the molecule is CC.CCCCCCCCCCCCCCCCN(C)C.Cl. The minimum Gasteiger partial charge on any atom is -0.309 e. The minimum absolute atomic E-state index is 0. The summed E-state index contributed by atoms with van der Waals surface area (Å²) in [6.45, 7) is 7.55. The molecule has 138 valence electrons. The molecule has 22 heavy (non-hydrogen) atoms. The number of rotatable bonds is 15. The molecule has 0 fully saturated rings. The molecule has 0 rings (SSSR count). The maximum absolute atomic E-state index is 2.29. The molecule has 0 aliphatic heterocycles. The van der Waals surface area contributed by atoms with Gasteiger partial charge in [-0.3, -0.25) is 0 Å². The van der Waals surface area contributed by atoms with E-state index >= 15 is 0 Å². The Labute approximate surface area is 149 Å². The molecular weight excluding hydrogens is 290 g/mol. The van der Waals surface area contributed by atoms with Gasteiger partial charge in [0.25, 0.3) is 0 Å². The van der Waals surface area contributed by atoms with Crippen LogP contribution in [0.1, 0.15) is 111 Å². The van der Waals surface area contributed by atoms with E-state index in [4.69, 9.17) is 0 Å². The maximum atomic E-state index is 2.29. The van der Waals surface area contributed by atoms with E-state index in [1.807, 2.05) is 13.8 Å². The van der Waals surface area contributed by atoms with Crippen molar-refractivity contribution in [1.82, 2.24) is 4.90 Å². The van der Waals surface area contributed by atoms with Gasteiger partial charge < -0.3 is 4.90 Å². The van der Waals surface area contributed by atoms with Gasteiger partial charge in [-0.1, -0.05) is 104 Å². The fraction of sp³-hybridized carbons (Fsp3) is 1.00. The molecular formula is C20H46ClN. The molecule has 0 spiro atoms. The van der Waals surface area contributed by atoms with Gasteiger partial charge in [-0.05, 0) is 27.1 Å². The highest BCUT2D eigenvalue weighted by Gasteiger charge is 1.94. The van der Waals surface area contributed by atoms with Crippen LogP contribution in [-0.2, 0) is 0 Å². The second kappa shape index (κ2) is 26.2. The van der Waals surface area contributed by atoms with Crippen molar-refractivity contribution in [3.05, 3.63) is 0 Å². The van der Waals surface area contributed by atoms with E-state index in [2.05, 4.69) is 25.9 Å². The highest BCUT2D eigenvalue weighted by atomic mass is 35.5. The second-order valence-electron chi connectivity index (χ2n) is 6.40. The highest BCUT2D eigenvalue weighted by Crippen LogP contribution is 2.12. The largest absolute Gasteiger partial charge is 0.309 e. The Morgan fingerprint density at radius 2 is 0.773 bits per heavy atom. The molecule has 2 heteroatoms. The molecule has 0 aromatic rings. The van der Waals surface area contributed by atoms with Crippen molar-refractivity contribution in [3.8, 4) is 0 Å². The fourth-order valence-electron chi connectivity index (χ4n) is 2.62. The van der Waals surface area contributed by atoms with Crippen LogP contribution in [0.4, 0.5) is 0 Å². The number of unbranched alkanes of at least 4 members (excludes halogenated alkanes) is 13. The van der Waals surface area contributed by atoms with Gasteiger partial charge in [0.2, 0.25) is 0 Å². The van der Waals surface area contributed by atoms with Gasteiger partial charge in [-0.15, -0.1) is 12.4 Å². The molecule has 0 aromatic heterocycles. The van der Waals surface area contributed by atoms with E-state index in [1.54, 1.807) is 0 Å². The third kappa shape index (κ3) is 28.4. The molecule has 0 bridgehead atoms. The summed E-state index contributed by atoms with van der Waals surface area (Å²) in [5.41, 5.74) is 0. The van der Waals surface area contributed by atoms with Crippen LogP contribution in [0.5, 0.6) is 0 Å². The smallest absolute Gasteiger partial charge is 0.00248 e. The lowest BCUT2D eigenvalue weighted by molar-refractivity contribution is 0.389. The van der Waals surface area contributed by atoms with Crippen molar-refractivity contribution < 1.29 is 0 Å². The number of hydrogen-bond acceptors (Lipinski definition) is 1. The molecule has 0 N–H and O–H groups in total. The Balaban J connectivity index is -0.00000115. The molecule has 0 saturated carbocycles. The standard InChI is InChI=1S/C18H39N.C2H6.ClH/c1-4-5-6-7-8-9-10-11-12-13-14-15-16-17-18-19(2)3;1-2;/h4-18H2,1-3H3;1-2H3;1H. The molecule has 0 aliphatic rings. The van der Waals surface area contributed by atoms with Crippen molar-refractivity contribution in [2.45, 2.75) is 111 Å². The van der Waals surface area contributed by atoms with Crippen LogP contribution < -0.4 is 0 Å². The predicted molar refractivity (Wildman–Crippen MR) is 107 cm³/mol. The summed E-state index contributed by atoms with van der Waals surface area (Å²) in [5.74, 6) is 0. The summed E-state index contributed by atoms with van der Waals surface area (Å²) in [5, 5.41) is 0. The zero-order valence-electron chi connectivity index (χ0n) is 16.5. The monoisotopic (exact) mass is 335 g/mol. The molecule has 0 saturated heterocycles. The summed E-state index contributed by atoms with van der Waals surface area (Å²) in [7, 11) is 4.34. The summed E-state index contributed by atoms with van der Waals surface area (Å²) < 4.78 is 0. The lowest BCUT2D eigenvalue weighted by atomic mass is 10.0. The van der Waals surface area contributed by atoms with Crippen LogP contribution in [0, 0.1) is 0 Å². The predicted octanol–water partition coefficient (Wildman–Crippen LogP) is 7.48. The molecule has 1 nitrogen and oxygen atoms in total. The number of halogens is 1. The van der Waals surface area contributed by atoms with Crippen LogP contribution in [0.15, 0.2) is 0 Å². The molecule has 0 aliphatic carbocycles. The zero-order valence-corrected chi connectivity index (χ0v) is 17.3. The first-order valence-electron chi connectivity index (χ1n) is 9.92. The summed E-state index contributed by atoms with van der Waals surface area (Å²) >= 11 is 0. The first-order chi connectivity index (χ1) is 10.3. The van der Waals surface area contributed by atoms with E-state index in [1.165, 1.54) is 96.4 Å². The van der Waals surface area contributed by atoms with Crippen LogP contribution in [-0.4, -0.2) is 25.5 Å². The molecule has 0 unspecified atom stereocenters. The van der Waals surface area contributed by atoms with Crippen molar-refractivity contribution in [1.29, 1.82) is 0 Å².